The Morgan fingerprint density at radius 2 is 1.79 bits per heavy atom. The van der Waals surface area contributed by atoms with E-state index in [0.717, 1.165) is 41.3 Å². The number of amides is 1. The summed E-state index contributed by atoms with van der Waals surface area (Å²) in [6.07, 6.45) is 8.73. The van der Waals surface area contributed by atoms with Crippen molar-refractivity contribution in [3.8, 4) is 6.07 Å². The van der Waals surface area contributed by atoms with E-state index in [9.17, 15) is 13.2 Å². The molecule has 5 aromatic rings. The van der Waals surface area contributed by atoms with Crippen LogP contribution < -0.4 is 10.6 Å². The summed E-state index contributed by atoms with van der Waals surface area (Å²) in [7, 11) is -3.90. The number of sulfone groups is 1. The number of carbonyl (C=O) groups is 1. The molecule has 0 aliphatic heterocycles. The van der Waals surface area contributed by atoms with Crippen LogP contribution in [0, 0.1) is 11.3 Å². The normalized spacial score (nSPS) is 14.7. The fourth-order valence-corrected chi connectivity index (χ4v) is 8.08. The molecule has 1 aliphatic rings. The van der Waals surface area contributed by atoms with E-state index in [0.29, 0.717) is 28.4 Å². The van der Waals surface area contributed by atoms with Gasteiger partial charge in [0.25, 0.3) is 5.91 Å². The third-order valence-electron chi connectivity index (χ3n) is 7.81. The minimum absolute atomic E-state index is 0.0566. The third-order valence-corrected chi connectivity index (χ3v) is 10.8. The average molecular weight is 610 g/mol. The Morgan fingerprint density at radius 3 is 2.53 bits per heavy atom. The van der Waals surface area contributed by atoms with Crippen molar-refractivity contribution in [1.82, 2.24) is 14.9 Å². The first-order valence-corrected chi connectivity index (χ1v) is 16.7. The second-order valence-corrected chi connectivity index (χ2v) is 13.9. The number of hydrogen-bond donors (Lipinski definition) is 2. The maximum atomic E-state index is 14.1. The largest absolute Gasteiger partial charge is 0.364 e. The number of anilines is 1. The molecule has 8 nitrogen and oxygen atoms in total. The van der Waals surface area contributed by atoms with E-state index in [4.69, 9.17) is 5.26 Å². The zero-order valence-corrected chi connectivity index (χ0v) is 25.1. The summed E-state index contributed by atoms with van der Waals surface area (Å²) in [5, 5.41) is 15.3. The van der Waals surface area contributed by atoms with Crippen LogP contribution in [0.3, 0.4) is 0 Å². The zero-order chi connectivity index (χ0) is 29.8. The summed E-state index contributed by atoms with van der Waals surface area (Å²) >= 11 is 1.44. The van der Waals surface area contributed by atoms with Crippen molar-refractivity contribution in [3.63, 3.8) is 0 Å². The SMILES string of the molecule is N#Cc1ccc(Cn2cncc2C(Nc2ccc3sc(C(=O)NC4CCCCC4)cc3c2)S(=O)(=O)c2ccccc2)cc1. The number of fused-ring (bicyclic) bond motifs is 1. The molecule has 1 fully saturated rings. The molecule has 2 heterocycles. The lowest BCUT2D eigenvalue weighted by Gasteiger charge is -2.22. The maximum Gasteiger partial charge on any atom is 0.261 e. The molecule has 43 heavy (non-hydrogen) atoms. The molecule has 1 aliphatic carbocycles. The van der Waals surface area contributed by atoms with E-state index in [2.05, 4.69) is 21.7 Å². The highest BCUT2D eigenvalue weighted by molar-refractivity contribution is 7.91. The molecular weight excluding hydrogens is 579 g/mol. The van der Waals surface area contributed by atoms with Crippen LogP contribution in [-0.4, -0.2) is 29.9 Å². The van der Waals surface area contributed by atoms with Gasteiger partial charge in [-0.1, -0.05) is 49.6 Å². The van der Waals surface area contributed by atoms with E-state index in [1.165, 1.54) is 17.8 Å². The van der Waals surface area contributed by atoms with Crippen molar-refractivity contribution in [2.24, 2.45) is 0 Å². The van der Waals surface area contributed by atoms with Gasteiger partial charge < -0.3 is 15.2 Å². The highest BCUT2D eigenvalue weighted by Crippen LogP contribution is 2.34. The molecule has 0 bridgehead atoms. The lowest BCUT2D eigenvalue weighted by molar-refractivity contribution is 0.0932. The summed E-state index contributed by atoms with van der Waals surface area (Å²) in [4.78, 5) is 18.1. The number of thiophene rings is 1. The molecule has 0 radical (unpaired) electrons. The van der Waals surface area contributed by atoms with Gasteiger partial charge >= 0.3 is 0 Å². The van der Waals surface area contributed by atoms with Crippen LogP contribution in [0.4, 0.5) is 5.69 Å². The average Bonchev–Trinajstić information content (AvgIpc) is 3.68. The van der Waals surface area contributed by atoms with Gasteiger partial charge in [-0.05, 0) is 72.3 Å². The Kier molecular flexibility index (Phi) is 8.27. The molecule has 1 amide bonds. The fraction of sp³-hybridized carbons (Fsp3) is 0.242. The lowest BCUT2D eigenvalue weighted by atomic mass is 9.95. The predicted molar refractivity (Wildman–Crippen MR) is 169 cm³/mol. The quantitative estimate of drug-likeness (QED) is 0.193. The molecule has 1 saturated carbocycles. The molecular formula is C33H31N5O3S2. The monoisotopic (exact) mass is 609 g/mol. The van der Waals surface area contributed by atoms with Gasteiger partial charge in [0.1, 0.15) is 0 Å². The summed E-state index contributed by atoms with van der Waals surface area (Å²) < 4.78 is 30.9. The smallest absolute Gasteiger partial charge is 0.261 e. The van der Waals surface area contributed by atoms with Gasteiger partial charge in [0, 0.05) is 23.0 Å². The number of nitrogens with zero attached hydrogens (tertiary/aromatic N) is 3. The number of imidazole rings is 1. The highest BCUT2D eigenvalue weighted by Gasteiger charge is 2.32. The number of rotatable bonds is 9. The van der Waals surface area contributed by atoms with E-state index in [1.54, 1.807) is 59.6 Å². The van der Waals surface area contributed by atoms with Crippen molar-refractivity contribution in [1.29, 1.82) is 5.26 Å². The van der Waals surface area contributed by atoms with Gasteiger partial charge in [-0.2, -0.15) is 5.26 Å². The van der Waals surface area contributed by atoms with Crippen molar-refractivity contribution < 1.29 is 13.2 Å². The van der Waals surface area contributed by atoms with E-state index >= 15 is 0 Å². The topological polar surface area (TPSA) is 117 Å². The summed E-state index contributed by atoms with van der Waals surface area (Å²) in [6.45, 7) is 0.382. The second kappa shape index (κ2) is 12.4. The number of benzene rings is 3. The standard InChI is InChI=1S/C33H31N5O3S2/c34-19-23-11-13-24(14-12-23)21-38-22-35-20-29(38)33(43(40,41)28-9-5-2-6-10-28)37-27-15-16-30-25(17-27)18-31(42-30)32(39)36-26-7-3-1-4-8-26/h2,5-6,9-18,20,22,26,33,37H,1,3-4,7-8,21H2,(H,36,39). The van der Waals surface area contributed by atoms with Crippen LogP contribution in [-0.2, 0) is 16.4 Å². The first-order chi connectivity index (χ1) is 20.9. The first-order valence-electron chi connectivity index (χ1n) is 14.3. The third kappa shape index (κ3) is 6.33. The number of nitrogens with one attached hydrogen (secondary N) is 2. The Balaban J connectivity index is 1.31. The first kappa shape index (κ1) is 28.6. The van der Waals surface area contributed by atoms with Crippen molar-refractivity contribution in [2.45, 2.75) is 55.0 Å². The molecule has 0 saturated heterocycles. The molecule has 0 spiro atoms. The van der Waals surface area contributed by atoms with Crippen molar-refractivity contribution in [3.05, 3.63) is 113 Å². The van der Waals surface area contributed by atoms with Crippen LogP contribution in [0.5, 0.6) is 0 Å². The van der Waals surface area contributed by atoms with Crippen molar-refractivity contribution in [2.75, 3.05) is 5.32 Å². The molecule has 10 heteroatoms. The summed E-state index contributed by atoms with van der Waals surface area (Å²) in [5.41, 5.74) is 2.55. The van der Waals surface area contributed by atoms with Crippen LogP contribution in [0.1, 0.15) is 64.0 Å². The molecule has 218 valence electrons. The van der Waals surface area contributed by atoms with Crippen LogP contribution >= 0.6 is 11.3 Å². The van der Waals surface area contributed by atoms with E-state index < -0.39 is 15.2 Å². The molecule has 3 aromatic carbocycles. The van der Waals surface area contributed by atoms with E-state index in [-0.39, 0.29) is 16.8 Å². The van der Waals surface area contributed by atoms with Crippen LogP contribution in [0.25, 0.3) is 10.1 Å². The Hall–Kier alpha value is -4.46. The molecule has 1 unspecified atom stereocenters. The Bertz CT molecular complexity index is 1880. The number of nitriles is 1. The molecule has 1 atom stereocenters. The molecule has 2 aromatic heterocycles. The van der Waals surface area contributed by atoms with Crippen LogP contribution in [0.15, 0.2) is 96.3 Å². The highest BCUT2D eigenvalue weighted by atomic mass is 32.2. The number of hydrogen-bond acceptors (Lipinski definition) is 7. The Labute approximate surface area is 254 Å². The minimum atomic E-state index is -3.90. The Morgan fingerprint density at radius 1 is 1.02 bits per heavy atom. The number of carbonyl (C=O) groups excluding carboxylic acids is 1. The van der Waals surface area contributed by atoms with Crippen LogP contribution in [0.2, 0.25) is 0 Å². The fourth-order valence-electron chi connectivity index (χ4n) is 5.52. The molecule has 2 N–H and O–H groups in total. The number of aromatic nitrogens is 2. The van der Waals surface area contributed by atoms with Gasteiger partial charge in [-0.25, -0.2) is 13.4 Å². The molecule has 6 rings (SSSR count). The van der Waals surface area contributed by atoms with Gasteiger partial charge in [0.15, 0.2) is 5.37 Å². The van der Waals surface area contributed by atoms with Gasteiger partial charge in [0.2, 0.25) is 9.84 Å². The van der Waals surface area contributed by atoms with Gasteiger partial charge in [-0.3, -0.25) is 4.79 Å². The van der Waals surface area contributed by atoms with Gasteiger partial charge in [-0.15, -0.1) is 11.3 Å². The predicted octanol–water partition coefficient (Wildman–Crippen LogP) is 6.66. The summed E-state index contributed by atoms with van der Waals surface area (Å²) in [5.74, 6) is -0.0566. The van der Waals surface area contributed by atoms with E-state index in [1.807, 2.05) is 36.4 Å². The lowest BCUT2D eigenvalue weighted by Crippen LogP contribution is -2.35. The maximum absolute atomic E-state index is 14.1. The second-order valence-electron chi connectivity index (χ2n) is 10.8. The zero-order valence-electron chi connectivity index (χ0n) is 23.4. The summed E-state index contributed by atoms with van der Waals surface area (Å²) in [6, 6.07) is 25.4. The van der Waals surface area contributed by atoms with Crippen molar-refractivity contribution >= 4 is 42.9 Å². The van der Waals surface area contributed by atoms with Gasteiger partial charge in [0.05, 0.1) is 39.6 Å². The minimum Gasteiger partial charge on any atom is -0.364 e.